The Balaban J connectivity index is 2.12. The fourth-order valence-electron chi connectivity index (χ4n) is 2.36. The van der Waals surface area contributed by atoms with E-state index in [-0.39, 0.29) is 11.9 Å². The number of carbonyl (C=O) groups is 1. The third-order valence-electron chi connectivity index (χ3n) is 4.14. The van der Waals surface area contributed by atoms with Gasteiger partial charge in [-0.25, -0.2) is 4.98 Å². The van der Waals surface area contributed by atoms with E-state index in [1.807, 2.05) is 14.0 Å². The number of aromatic nitrogens is 2. The van der Waals surface area contributed by atoms with Gasteiger partial charge in [-0.3, -0.25) is 9.69 Å². The maximum absolute atomic E-state index is 11.4. The van der Waals surface area contributed by atoms with Crippen LogP contribution in [0.3, 0.4) is 0 Å². The molecule has 1 heterocycles. The molecular formula is C16H24N4O. The molecule has 2 aromatic rings. The summed E-state index contributed by atoms with van der Waals surface area (Å²) in [5.74, 6) is 0.996. The minimum absolute atomic E-state index is 0.0606. The van der Waals surface area contributed by atoms with Gasteiger partial charge < -0.3 is 10.3 Å². The van der Waals surface area contributed by atoms with E-state index in [1.165, 1.54) is 11.1 Å². The summed E-state index contributed by atoms with van der Waals surface area (Å²) < 4.78 is 0. The second-order valence-electron chi connectivity index (χ2n) is 5.73. The zero-order valence-electron chi connectivity index (χ0n) is 13.4. The predicted octanol–water partition coefficient (Wildman–Crippen LogP) is 2.14. The van der Waals surface area contributed by atoms with Crippen molar-refractivity contribution >= 4 is 16.9 Å². The normalized spacial score (nSPS) is 12.9. The predicted molar refractivity (Wildman–Crippen MR) is 85.2 cm³/mol. The van der Waals surface area contributed by atoms with Gasteiger partial charge in [-0.1, -0.05) is 6.07 Å². The van der Waals surface area contributed by atoms with Crippen LogP contribution in [0.5, 0.6) is 0 Å². The first kappa shape index (κ1) is 15.5. The molecule has 1 unspecified atom stereocenters. The Morgan fingerprint density at radius 3 is 2.81 bits per heavy atom. The molecule has 1 aromatic carbocycles. The van der Waals surface area contributed by atoms with Crippen molar-refractivity contribution in [1.29, 1.82) is 0 Å². The van der Waals surface area contributed by atoms with E-state index < -0.39 is 0 Å². The van der Waals surface area contributed by atoms with Gasteiger partial charge in [-0.05, 0) is 45.0 Å². The van der Waals surface area contributed by atoms with E-state index in [0.717, 1.165) is 16.9 Å². The van der Waals surface area contributed by atoms with Gasteiger partial charge in [0.15, 0.2) is 0 Å². The lowest BCUT2D eigenvalue weighted by Crippen LogP contribution is -2.34. The maximum atomic E-state index is 11.4. The van der Waals surface area contributed by atoms with Gasteiger partial charge in [0.05, 0.1) is 17.6 Å². The Bertz CT molecular complexity index is 647. The van der Waals surface area contributed by atoms with Gasteiger partial charge in [0, 0.05) is 19.5 Å². The van der Waals surface area contributed by atoms with Crippen molar-refractivity contribution in [3.8, 4) is 0 Å². The van der Waals surface area contributed by atoms with Crippen LogP contribution in [0.2, 0.25) is 0 Å². The number of benzene rings is 1. The Hall–Kier alpha value is -1.88. The van der Waals surface area contributed by atoms with Crippen LogP contribution in [0.4, 0.5) is 0 Å². The number of carbonyl (C=O) groups excluding carboxylic acids is 1. The molecule has 1 amide bonds. The number of H-pyrrole nitrogens is 1. The number of nitrogens with zero attached hydrogens (tertiary/aromatic N) is 2. The highest BCUT2D eigenvalue weighted by Crippen LogP contribution is 2.20. The topological polar surface area (TPSA) is 61.0 Å². The van der Waals surface area contributed by atoms with Crippen LogP contribution in [0.15, 0.2) is 12.1 Å². The van der Waals surface area contributed by atoms with Crippen LogP contribution < -0.4 is 5.32 Å². The Morgan fingerprint density at radius 2 is 2.14 bits per heavy atom. The number of rotatable bonds is 5. The quantitative estimate of drug-likeness (QED) is 0.886. The number of imidazole rings is 1. The molecule has 1 atom stereocenters. The fourth-order valence-corrected chi connectivity index (χ4v) is 2.36. The zero-order chi connectivity index (χ0) is 15.6. The van der Waals surface area contributed by atoms with Crippen LogP contribution in [0, 0.1) is 13.8 Å². The molecule has 0 spiro atoms. The van der Waals surface area contributed by atoms with E-state index in [2.05, 4.69) is 41.2 Å². The number of amides is 1. The van der Waals surface area contributed by atoms with Crippen molar-refractivity contribution in [3.63, 3.8) is 0 Å². The van der Waals surface area contributed by atoms with E-state index in [0.29, 0.717) is 13.0 Å². The van der Waals surface area contributed by atoms with Gasteiger partial charge in [0.25, 0.3) is 0 Å². The summed E-state index contributed by atoms with van der Waals surface area (Å²) in [5.41, 5.74) is 4.58. The third-order valence-corrected chi connectivity index (χ3v) is 4.14. The Kier molecular flexibility index (Phi) is 4.63. The van der Waals surface area contributed by atoms with Crippen LogP contribution in [0.25, 0.3) is 11.0 Å². The maximum Gasteiger partial charge on any atom is 0.221 e. The SMILES string of the molecule is CNC(=O)CC(C)N(C)Cc1nc2c(C)c(C)ccc2[nH]1. The summed E-state index contributed by atoms with van der Waals surface area (Å²) in [6.07, 6.45) is 0.491. The fraction of sp³-hybridized carbons (Fsp3) is 0.500. The summed E-state index contributed by atoms with van der Waals surface area (Å²) in [6.45, 7) is 6.94. The molecular weight excluding hydrogens is 264 g/mol. The average Bonchev–Trinajstić information content (AvgIpc) is 2.86. The van der Waals surface area contributed by atoms with Crippen molar-refractivity contribution in [2.45, 2.75) is 39.8 Å². The van der Waals surface area contributed by atoms with Crippen LogP contribution in [0.1, 0.15) is 30.3 Å². The minimum Gasteiger partial charge on any atom is -0.359 e. The molecule has 0 saturated carbocycles. The molecule has 0 fully saturated rings. The molecule has 0 aliphatic heterocycles. The number of fused-ring (bicyclic) bond motifs is 1. The van der Waals surface area contributed by atoms with E-state index in [9.17, 15) is 4.79 Å². The monoisotopic (exact) mass is 288 g/mol. The van der Waals surface area contributed by atoms with Crippen LogP contribution >= 0.6 is 0 Å². The number of aryl methyl sites for hydroxylation is 2. The molecule has 2 N–H and O–H groups in total. The number of nitrogens with one attached hydrogen (secondary N) is 2. The average molecular weight is 288 g/mol. The van der Waals surface area contributed by atoms with Gasteiger partial charge in [-0.15, -0.1) is 0 Å². The van der Waals surface area contributed by atoms with E-state index in [1.54, 1.807) is 7.05 Å². The largest absolute Gasteiger partial charge is 0.359 e. The summed E-state index contributed by atoms with van der Waals surface area (Å²) in [7, 11) is 3.68. The standard InChI is InChI=1S/C16H24N4O/c1-10-6-7-13-16(12(10)3)19-14(18-13)9-20(5)11(2)8-15(21)17-4/h6-7,11H,8-9H2,1-5H3,(H,17,21)(H,18,19). The van der Waals surface area contributed by atoms with Gasteiger partial charge in [0.2, 0.25) is 5.91 Å². The first-order valence-electron chi connectivity index (χ1n) is 7.28. The molecule has 5 nitrogen and oxygen atoms in total. The Labute approximate surface area is 125 Å². The summed E-state index contributed by atoms with van der Waals surface area (Å²) >= 11 is 0. The number of aromatic amines is 1. The van der Waals surface area contributed by atoms with Crippen molar-refractivity contribution in [2.24, 2.45) is 0 Å². The van der Waals surface area contributed by atoms with Crippen LogP contribution in [-0.4, -0.2) is 40.9 Å². The summed E-state index contributed by atoms with van der Waals surface area (Å²) in [5, 5.41) is 2.66. The third kappa shape index (κ3) is 3.42. The van der Waals surface area contributed by atoms with Gasteiger partial charge >= 0.3 is 0 Å². The van der Waals surface area contributed by atoms with Crippen molar-refractivity contribution in [1.82, 2.24) is 20.2 Å². The van der Waals surface area contributed by atoms with Crippen molar-refractivity contribution in [2.75, 3.05) is 14.1 Å². The molecule has 0 radical (unpaired) electrons. The molecule has 0 saturated heterocycles. The minimum atomic E-state index is 0.0606. The van der Waals surface area contributed by atoms with E-state index in [4.69, 9.17) is 4.98 Å². The van der Waals surface area contributed by atoms with Crippen molar-refractivity contribution in [3.05, 3.63) is 29.1 Å². The lowest BCUT2D eigenvalue weighted by molar-refractivity contribution is -0.121. The first-order valence-corrected chi connectivity index (χ1v) is 7.28. The molecule has 2 rings (SSSR count). The van der Waals surface area contributed by atoms with Gasteiger partial charge in [0.1, 0.15) is 5.82 Å². The highest BCUT2D eigenvalue weighted by atomic mass is 16.1. The lowest BCUT2D eigenvalue weighted by atomic mass is 10.1. The highest BCUT2D eigenvalue weighted by molar-refractivity contribution is 5.79. The number of hydrogen-bond acceptors (Lipinski definition) is 3. The summed E-state index contributed by atoms with van der Waals surface area (Å²) in [6, 6.07) is 4.35. The second kappa shape index (κ2) is 6.26. The lowest BCUT2D eigenvalue weighted by Gasteiger charge is -2.22. The molecule has 0 bridgehead atoms. The molecule has 5 heteroatoms. The van der Waals surface area contributed by atoms with E-state index >= 15 is 0 Å². The van der Waals surface area contributed by atoms with Crippen molar-refractivity contribution < 1.29 is 4.79 Å². The molecule has 1 aromatic heterocycles. The second-order valence-corrected chi connectivity index (χ2v) is 5.73. The molecule has 21 heavy (non-hydrogen) atoms. The highest BCUT2D eigenvalue weighted by Gasteiger charge is 2.15. The number of hydrogen-bond donors (Lipinski definition) is 2. The smallest absolute Gasteiger partial charge is 0.221 e. The van der Waals surface area contributed by atoms with Gasteiger partial charge in [-0.2, -0.15) is 0 Å². The molecule has 0 aliphatic carbocycles. The summed E-state index contributed by atoms with van der Waals surface area (Å²) in [4.78, 5) is 21.6. The van der Waals surface area contributed by atoms with Crippen LogP contribution in [-0.2, 0) is 11.3 Å². The zero-order valence-corrected chi connectivity index (χ0v) is 13.4. The molecule has 114 valence electrons. The Morgan fingerprint density at radius 1 is 1.43 bits per heavy atom. The molecule has 0 aliphatic rings. The first-order chi connectivity index (χ1) is 9.92.